The van der Waals surface area contributed by atoms with Gasteiger partial charge in [-0.25, -0.2) is 4.98 Å². The molecule has 4 nitrogen and oxygen atoms in total. The summed E-state index contributed by atoms with van der Waals surface area (Å²) in [5.41, 5.74) is -0.204. The molecule has 0 saturated heterocycles. The molecule has 0 aliphatic heterocycles. The van der Waals surface area contributed by atoms with Crippen LogP contribution in [0.15, 0.2) is 15.6 Å². The number of ether oxygens (including phenoxy) is 1. The Morgan fingerprint density at radius 3 is 3.00 bits per heavy atom. The fraction of sp³-hybridized carbons (Fsp3) is 0.500. The van der Waals surface area contributed by atoms with Crippen LogP contribution in [0.3, 0.4) is 0 Å². The Morgan fingerprint density at radius 1 is 1.62 bits per heavy atom. The maximum Gasteiger partial charge on any atom is 0.268 e. The summed E-state index contributed by atoms with van der Waals surface area (Å²) in [6, 6.07) is 0. The van der Waals surface area contributed by atoms with Crippen LogP contribution in [0.4, 0.5) is 0 Å². The van der Waals surface area contributed by atoms with Gasteiger partial charge in [-0.05, 0) is 35.2 Å². The van der Waals surface area contributed by atoms with Gasteiger partial charge in [0.15, 0.2) is 0 Å². The summed E-state index contributed by atoms with van der Waals surface area (Å²) in [4.78, 5) is 17.5. The van der Waals surface area contributed by atoms with E-state index in [-0.39, 0.29) is 11.7 Å². The molecule has 0 amide bonds. The molecule has 1 fully saturated rings. The molecule has 1 N–H and O–H groups in total. The van der Waals surface area contributed by atoms with Gasteiger partial charge in [-0.3, -0.25) is 4.79 Å². The van der Waals surface area contributed by atoms with E-state index in [1.807, 2.05) is 0 Å². The van der Waals surface area contributed by atoms with Crippen LogP contribution >= 0.6 is 15.9 Å². The Labute approximate surface area is 83.5 Å². The Morgan fingerprint density at radius 2 is 2.38 bits per heavy atom. The van der Waals surface area contributed by atoms with Gasteiger partial charge in [-0.1, -0.05) is 0 Å². The highest BCUT2D eigenvalue weighted by Gasteiger charge is 2.21. The maximum atomic E-state index is 11.1. The van der Waals surface area contributed by atoms with Crippen LogP contribution in [0.2, 0.25) is 0 Å². The maximum absolute atomic E-state index is 11.1. The number of hydrogen-bond donors (Lipinski definition) is 1. The first kappa shape index (κ1) is 8.74. The van der Waals surface area contributed by atoms with Gasteiger partial charge >= 0.3 is 0 Å². The second-order valence-electron chi connectivity index (χ2n) is 3.02. The summed E-state index contributed by atoms with van der Waals surface area (Å²) in [6.07, 6.45) is 4.90. The van der Waals surface area contributed by atoms with Crippen molar-refractivity contribution >= 4 is 15.9 Å². The number of hydrogen-bond acceptors (Lipinski definition) is 3. The molecule has 1 aromatic heterocycles. The first-order valence-corrected chi connectivity index (χ1v) is 4.96. The number of aromatic amines is 1. The Hall–Kier alpha value is -0.840. The van der Waals surface area contributed by atoms with Crippen LogP contribution in [0.25, 0.3) is 0 Å². The molecule has 1 aliphatic rings. The van der Waals surface area contributed by atoms with E-state index in [0.717, 1.165) is 12.8 Å². The number of rotatable bonds is 2. The fourth-order valence-electron chi connectivity index (χ4n) is 1.10. The molecule has 13 heavy (non-hydrogen) atoms. The number of aromatic nitrogens is 2. The highest BCUT2D eigenvalue weighted by atomic mass is 79.9. The quantitative estimate of drug-likeness (QED) is 0.858. The minimum atomic E-state index is -0.204. The van der Waals surface area contributed by atoms with Gasteiger partial charge in [0, 0.05) is 0 Å². The van der Waals surface area contributed by atoms with E-state index in [0.29, 0.717) is 10.4 Å². The molecule has 0 spiro atoms. The van der Waals surface area contributed by atoms with Gasteiger partial charge in [-0.15, -0.1) is 0 Å². The Balaban J connectivity index is 2.19. The Bertz CT molecular complexity index is 359. The molecule has 1 aliphatic carbocycles. The molecule has 5 heteroatoms. The van der Waals surface area contributed by atoms with E-state index in [9.17, 15) is 4.79 Å². The van der Waals surface area contributed by atoms with E-state index < -0.39 is 0 Å². The third-order valence-electron chi connectivity index (χ3n) is 2.10. The lowest BCUT2D eigenvalue weighted by Gasteiger charge is -2.25. The third kappa shape index (κ3) is 1.75. The zero-order valence-corrected chi connectivity index (χ0v) is 8.50. The smallest absolute Gasteiger partial charge is 0.268 e. The van der Waals surface area contributed by atoms with Crippen molar-refractivity contribution in [3.63, 3.8) is 0 Å². The van der Waals surface area contributed by atoms with Crippen molar-refractivity contribution in [1.82, 2.24) is 9.97 Å². The molecule has 0 atom stereocenters. The van der Waals surface area contributed by atoms with Gasteiger partial charge in [0.05, 0.1) is 6.33 Å². The zero-order valence-electron chi connectivity index (χ0n) is 6.92. The first-order valence-electron chi connectivity index (χ1n) is 4.17. The fourth-order valence-corrected chi connectivity index (χ4v) is 1.41. The van der Waals surface area contributed by atoms with Crippen LogP contribution < -0.4 is 10.3 Å². The van der Waals surface area contributed by atoms with Crippen LogP contribution in [0, 0.1) is 0 Å². The summed E-state index contributed by atoms with van der Waals surface area (Å²) in [7, 11) is 0. The number of H-pyrrole nitrogens is 1. The molecular weight excluding hydrogens is 236 g/mol. The normalized spacial score (nSPS) is 16.7. The van der Waals surface area contributed by atoms with E-state index in [1.165, 1.54) is 12.7 Å². The predicted molar refractivity (Wildman–Crippen MR) is 50.8 cm³/mol. The van der Waals surface area contributed by atoms with Crippen molar-refractivity contribution in [3.8, 4) is 5.88 Å². The molecule has 0 unspecified atom stereocenters. The molecule has 70 valence electrons. The summed E-state index contributed by atoms with van der Waals surface area (Å²) in [5.74, 6) is 0.397. The molecule has 1 heterocycles. The van der Waals surface area contributed by atoms with Crippen molar-refractivity contribution < 1.29 is 4.74 Å². The standard InChI is InChI=1S/C8H9BrN2O2/c9-6-7(12)10-4-11-8(6)13-5-2-1-3-5/h4-5H,1-3H2,(H,10,11,12). The van der Waals surface area contributed by atoms with E-state index in [4.69, 9.17) is 4.74 Å². The molecule has 1 aromatic rings. The molecule has 0 radical (unpaired) electrons. The molecule has 0 bridgehead atoms. The van der Waals surface area contributed by atoms with Crippen molar-refractivity contribution in [1.29, 1.82) is 0 Å². The summed E-state index contributed by atoms with van der Waals surface area (Å²) in [6.45, 7) is 0. The van der Waals surface area contributed by atoms with Crippen LogP contribution in [-0.4, -0.2) is 16.1 Å². The minimum absolute atomic E-state index is 0.204. The van der Waals surface area contributed by atoms with Gasteiger partial charge in [0.25, 0.3) is 5.56 Å². The van der Waals surface area contributed by atoms with Crippen molar-refractivity contribution in [2.75, 3.05) is 0 Å². The monoisotopic (exact) mass is 244 g/mol. The summed E-state index contributed by atoms with van der Waals surface area (Å²) in [5, 5.41) is 0. The van der Waals surface area contributed by atoms with Crippen LogP contribution in [0.5, 0.6) is 5.88 Å². The van der Waals surface area contributed by atoms with Gasteiger partial charge < -0.3 is 9.72 Å². The van der Waals surface area contributed by atoms with Crippen molar-refractivity contribution in [2.45, 2.75) is 25.4 Å². The lowest BCUT2D eigenvalue weighted by molar-refractivity contribution is 0.113. The van der Waals surface area contributed by atoms with E-state index in [2.05, 4.69) is 25.9 Å². The van der Waals surface area contributed by atoms with Gasteiger partial charge in [-0.2, -0.15) is 0 Å². The predicted octanol–water partition coefficient (Wildman–Crippen LogP) is 1.46. The van der Waals surface area contributed by atoms with Gasteiger partial charge in [0.1, 0.15) is 10.6 Å². The zero-order chi connectivity index (χ0) is 9.26. The minimum Gasteiger partial charge on any atom is -0.473 e. The van der Waals surface area contributed by atoms with E-state index in [1.54, 1.807) is 0 Å². The first-order chi connectivity index (χ1) is 6.27. The highest BCUT2D eigenvalue weighted by Crippen LogP contribution is 2.26. The lowest BCUT2D eigenvalue weighted by Crippen LogP contribution is -2.26. The largest absolute Gasteiger partial charge is 0.473 e. The second-order valence-corrected chi connectivity index (χ2v) is 3.81. The average Bonchev–Trinajstić information content (AvgIpc) is 2.04. The third-order valence-corrected chi connectivity index (χ3v) is 2.79. The van der Waals surface area contributed by atoms with E-state index >= 15 is 0 Å². The van der Waals surface area contributed by atoms with Crippen LogP contribution in [0.1, 0.15) is 19.3 Å². The summed E-state index contributed by atoms with van der Waals surface area (Å²) < 4.78 is 5.86. The Kier molecular flexibility index (Phi) is 2.35. The number of halogens is 1. The lowest BCUT2D eigenvalue weighted by atomic mass is 9.96. The van der Waals surface area contributed by atoms with Gasteiger partial charge in [0.2, 0.25) is 5.88 Å². The number of nitrogens with one attached hydrogen (secondary N) is 1. The molecule has 1 saturated carbocycles. The summed E-state index contributed by atoms with van der Waals surface area (Å²) >= 11 is 3.13. The highest BCUT2D eigenvalue weighted by molar-refractivity contribution is 9.10. The second kappa shape index (κ2) is 3.49. The molecule has 0 aromatic carbocycles. The number of nitrogens with zero attached hydrogens (tertiary/aromatic N) is 1. The van der Waals surface area contributed by atoms with Crippen LogP contribution in [-0.2, 0) is 0 Å². The molecule has 2 rings (SSSR count). The SMILES string of the molecule is O=c1[nH]cnc(OC2CCC2)c1Br. The van der Waals surface area contributed by atoms with Crippen molar-refractivity contribution in [2.24, 2.45) is 0 Å². The topological polar surface area (TPSA) is 55.0 Å². The average molecular weight is 245 g/mol. The molecular formula is C8H9BrN2O2. The van der Waals surface area contributed by atoms with Crippen molar-refractivity contribution in [3.05, 3.63) is 21.2 Å².